The summed E-state index contributed by atoms with van der Waals surface area (Å²) in [5.74, 6) is 0.0412. The molecular weight excluding hydrogens is 204 g/mol. The van der Waals surface area contributed by atoms with E-state index in [0.29, 0.717) is 25.3 Å². The summed E-state index contributed by atoms with van der Waals surface area (Å²) in [5, 5.41) is 2.84. The zero-order chi connectivity index (χ0) is 11.8. The molecule has 4 nitrogen and oxygen atoms in total. The van der Waals surface area contributed by atoms with Crippen molar-refractivity contribution in [1.82, 2.24) is 5.32 Å². The van der Waals surface area contributed by atoms with Gasteiger partial charge in [0.05, 0.1) is 0 Å². The highest BCUT2D eigenvalue weighted by Gasteiger charge is 2.00. The number of rotatable bonds is 6. The molecule has 0 aliphatic heterocycles. The first-order valence-electron chi connectivity index (χ1n) is 5.32. The average Bonchev–Trinajstić information content (AvgIpc) is 2.27. The fourth-order valence-electron chi connectivity index (χ4n) is 1.37. The summed E-state index contributed by atoms with van der Waals surface area (Å²) < 4.78 is 4.87. The van der Waals surface area contributed by atoms with Crippen molar-refractivity contribution in [2.45, 2.75) is 19.4 Å². The van der Waals surface area contributed by atoms with E-state index in [4.69, 9.17) is 10.5 Å². The van der Waals surface area contributed by atoms with Crippen LogP contribution in [0.1, 0.15) is 18.4 Å². The van der Waals surface area contributed by atoms with Crippen molar-refractivity contribution in [3.05, 3.63) is 29.8 Å². The summed E-state index contributed by atoms with van der Waals surface area (Å²) in [6.45, 7) is 1.14. The molecule has 0 atom stereocenters. The third-order valence-corrected chi connectivity index (χ3v) is 2.19. The molecule has 1 aromatic carbocycles. The molecule has 1 aromatic rings. The molecule has 4 heteroatoms. The molecule has 1 rings (SSSR count). The summed E-state index contributed by atoms with van der Waals surface area (Å²) in [5.41, 5.74) is 7.36. The van der Waals surface area contributed by atoms with Gasteiger partial charge >= 0.3 is 0 Å². The number of benzene rings is 1. The molecule has 0 unspecified atom stereocenters. The summed E-state index contributed by atoms with van der Waals surface area (Å²) >= 11 is 0. The minimum atomic E-state index is 0.0412. The molecule has 0 saturated carbocycles. The Morgan fingerprint density at radius 1 is 1.50 bits per heavy atom. The maximum atomic E-state index is 11.4. The smallest absolute Gasteiger partial charge is 0.220 e. The lowest BCUT2D eigenvalue weighted by molar-refractivity contribution is -0.121. The minimum absolute atomic E-state index is 0.0412. The zero-order valence-corrected chi connectivity index (χ0v) is 9.53. The van der Waals surface area contributed by atoms with Gasteiger partial charge in [-0.05, 0) is 24.1 Å². The van der Waals surface area contributed by atoms with Crippen LogP contribution in [0.5, 0.6) is 0 Å². The van der Waals surface area contributed by atoms with Crippen LogP contribution in [0.3, 0.4) is 0 Å². The molecule has 88 valence electrons. The molecule has 0 bridgehead atoms. The van der Waals surface area contributed by atoms with Crippen molar-refractivity contribution in [3.63, 3.8) is 0 Å². The number of ether oxygens (including phenoxy) is 1. The Morgan fingerprint density at radius 2 is 2.31 bits per heavy atom. The van der Waals surface area contributed by atoms with Crippen LogP contribution in [0.15, 0.2) is 24.3 Å². The summed E-state index contributed by atoms with van der Waals surface area (Å²) in [7, 11) is 1.63. The van der Waals surface area contributed by atoms with E-state index >= 15 is 0 Å². The van der Waals surface area contributed by atoms with Crippen LogP contribution in [0.4, 0.5) is 5.69 Å². The summed E-state index contributed by atoms with van der Waals surface area (Å²) in [4.78, 5) is 11.4. The Labute approximate surface area is 95.8 Å². The number of carbonyl (C=O) groups is 1. The molecular formula is C12H18N2O2. The van der Waals surface area contributed by atoms with E-state index in [1.165, 1.54) is 0 Å². The van der Waals surface area contributed by atoms with Crippen LogP contribution in [0.2, 0.25) is 0 Å². The highest BCUT2D eigenvalue weighted by molar-refractivity contribution is 5.75. The van der Waals surface area contributed by atoms with E-state index in [-0.39, 0.29) is 5.91 Å². The lowest BCUT2D eigenvalue weighted by Gasteiger charge is -2.05. The minimum Gasteiger partial charge on any atom is -0.399 e. The number of nitrogens with one attached hydrogen (secondary N) is 1. The zero-order valence-electron chi connectivity index (χ0n) is 9.53. The molecule has 16 heavy (non-hydrogen) atoms. The monoisotopic (exact) mass is 222 g/mol. The van der Waals surface area contributed by atoms with Gasteiger partial charge < -0.3 is 15.8 Å². The third-order valence-electron chi connectivity index (χ3n) is 2.19. The van der Waals surface area contributed by atoms with E-state index < -0.39 is 0 Å². The molecule has 0 aliphatic rings. The van der Waals surface area contributed by atoms with Gasteiger partial charge in [0.1, 0.15) is 0 Å². The first-order chi connectivity index (χ1) is 7.72. The quantitative estimate of drug-likeness (QED) is 0.563. The number of anilines is 1. The molecule has 0 fully saturated rings. The lowest BCUT2D eigenvalue weighted by atomic mass is 10.2. The van der Waals surface area contributed by atoms with Gasteiger partial charge in [-0.3, -0.25) is 4.79 Å². The Kier molecular flexibility index (Phi) is 5.36. The molecule has 0 heterocycles. The summed E-state index contributed by atoms with van der Waals surface area (Å²) in [6.07, 6.45) is 1.25. The number of methoxy groups -OCH3 is 1. The van der Waals surface area contributed by atoms with Gasteiger partial charge in [-0.25, -0.2) is 0 Å². The second-order valence-electron chi connectivity index (χ2n) is 3.62. The van der Waals surface area contributed by atoms with Crippen molar-refractivity contribution in [2.75, 3.05) is 19.5 Å². The Bertz CT molecular complexity index is 340. The topological polar surface area (TPSA) is 64.3 Å². The number of nitrogen functional groups attached to an aromatic ring is 1. The average molecular weight is 222 g/mol. The normalized spacial score (nSPS) is 10.1. The Morgan fingerprint density at radius 3 is 3.00 bits per heavy atom. The van der Waals surface area contributed by atoms with Gasteiger partial charge in [0, 0.05) is 32.4 Å². The number of carbonyl (C=O) groups excluding carboxylic acids is 1. The van der Waals surface area contributed by atoms with Crippen molar-refractivity contribution in [2.24, 2.45) is 0 Å². The van der Waals surface area contributed by atoms with E-state index in [9.17, 15) is 4.79 Å². The fraction of sp³-hybridized carbons (Fsp3) is 0.417. The van der Waals surface area contributed by atoms with Gasteiger partial charge in [-0.2, -0.15) is 0 Å². The van der Waals surface area contributed by atoms with Gasteiger partial charge in [-0.1, -0.05) is 12.1 Å². The van der Waals surface area contributed by atoms with Crippen LogP contribution in [-0.2, 0) is 16.1 Å². The predicted molar refractivity (Wildman–Crippen MR) is 63.8 cm³/mol. The molecule has 0 spiro atoms. The molecule has 0 saturated heterocycles. The van der Waals surface area contributed by atoms with Crippen molar-refractivity contribution >= 4 is 11.6 Å². The Balaban J connectivity index is 2.26. The van der Waals surface area contributed by atoms with Crippen LogP contribution in [0.25, 0.3) is 0 Å². The molecule has 0 radical (unpaired) electrons. The summed E-state index contributed by atoms with van der Waals surface area (Å²) in [6, 6.07) is 7.49. The second kappa shape index (κ2) is 6.85. The number of hydrogen-bond acceptors (Lipinski definition) is 3. The molecule has 1 amide bonds. The first kappa shape index (κ1) is 12.5. The number of nitrogens with two attached hydrogens (primary N) is 1. The third kappa shape index (κ3) is 4.79. The molecule has 0 aliphatic carbocycles. The van der Waals surface area contributed by atoms with Gasteiger partial charge in [0.2, 0.25) is 5.91 Å². The van der Waals surface area contributed by atoms with E-state index in [1.807, 2.05) is 24.3 Å². The van der Waals surface area contributed by atoms with Crippen molar-refractivity contribution in [1.29, 1.82) is 0 Å². The highest BCUT2D eigenvalue weighted by atomic mass is 16.5. The van der Waals surface area contributed by atoms with Gasteiger partial charge in [0.25, 0.3) is 0 Å². The highest BCUT2D eigenvalue weighted by Crippen LogP contribution is 2.05. The maximum Gasteiger partial charge on any atom is 0.220 e. The fourth-order valence-corrected chi connectivity index (χ4v) is 1.37. The lowest BCUT2D eigenvalue weighted by Crippen LogP contribution is -2.22. The van der Waals surface area contributed by atoms with E-state index in [1.54, 1.807) is 7.11 Å². The van der Waals surface area contributed by atoms with Crippen LogP contribution in [-0.4, -0.2) is 19.6 Å². The Hall–Kier alpha value is -1.55. The van der Waals surface area contributed by atoms with Gasteiger partial charge in [0.15, 0.2) is 0 Å². The van der Waals surface area contributed by atoms with Crippen LogP contribution < -0.4 is 11.1 Å². The molecule has 0 aromatic heterocycles. The van der Waals surface area contributed by atoms with Gasteiger partial charge in [-0.15, -0.1) is 0 Å². The first-order valence-corrected chi connectivity index (χ1v) is 5.32. The van der Waals surface area contributed by atoms with Crippen LogP contribution >= 0.6 is 0 Å². The SMILES string of the molecule is COCCCC(=O)NCc1cccc(N)c1. The van der Waals surface area contributed by atoms with Crippen molar-refractivity contribution < 1.29 is 9.53 Å². The predicted octanol–water partition coefficient (Wildman–Crippen LogP) is 1.31. The van der Waals surface area contributed by atoms with E-state index in [2.05, 4.69) is 5.32 Å². The largest absolute Gasteiger partial charge is 0.399 e. The number of hydrogen-bond donors (Lipinski definition) is 2. The molecule has 3 N–H and O–H groups in total. The maximum absolute atomic E-state index is 11.4. The van der Waals surface area contributed by atoms with E-state index in [0.717, 1.165) is 12.0 Å². The number of amides is 1. The van der Waals surface area contributed by atoms with Crippen LogP contribution in [0, 0.1) is 0 Å². The standard InChI is InChI=1S/C12H18N2O2/c1-16-7-3-6-12(15)14-9-10-4-2-5-11(13)8-10/h2,4-5,8H,3,6-7,9,13H2,1H3,(H,14,15). The second-order valence-corrected chi connectivity index (χ2v) is 3.62. The van der Waals surface area contributed by atoms with Crippen molar-refractivity contribution in [3.8, 4) is 0 Å².